The van der Waals surface area contributed by atoms with Gasteiger partial charge in [-0.1, -0.05) is 47.5 Å². The number of nitrogens with zero attached hydrogens (tertiary/aromatic N) is 2. The van der Waals surface area contributed by atoms with Crippen LogP contribution < -0.4 is 15.4 Å². The largest absolute Gasteiger partial charge is 0.492 e. The minimum atomic E-state index is -0.727. The molecule has 0 saturated carbocycles. The molecule has 1 atom stereocenters. The van der Waals surface area contributed by atoms with E-state index in [-0.39, 0.29) is 30.9 Å². The maximum Gasteiger partial charge on any atom is 0.322 e. The van der Waals surface area contributed by atoms with E-state index in [1.54, 1.807) is 18.2 Å². The summed E-state index contributed by atoms with van der Waals surface area (Å²) in [6.45, 7) is 2.84. The Morgan fingerprint density at radius 1 is 1.18 bits per heavy atom. The first-order valence-corrected chi connectivity index (χ1v) is 11.6. The number of ether oxygens (including phenoxy) is 1. The fourth-order valence-electron chi connectivity index (χ4n) is 4.08. The number of halogens is 2. The zero-order valence-corrected chi connectivity index (χ0v) is 20.0. The molecule has 2 aromatic rings. The molecule has 0 bridgehead atoms. The number of hydrogen-bond acceptors (Lipinski definition) is 4. The highest BCUT2D eigenvalue weighted by Crippen LogP contribution is 2.39. The van der Waals surface area contributed by atoms with Gasteiger partial charge in [0.15, 0.2) is 0 Å². The Hall–Kier alpha value is -3.23. The van der Waals surface area contributed by atoms with E-state index >= 15 is 0 Å². The zero-order valence-electron chi connectivity index (χ0n) is 18.5. The Labute approximate surface area is 207 Å². The third-order valence-corrected chi connectivity index (χ3v) is 6.22. The van der Waals surface area contributed by atoms with Crippen molar-refractivity contribution in [3.8, 4) is 5.75 Å². The van der Waals surface area contributed by atoms with Gasteiger partial charge in [-0.05, 0) is 36.8 Å². The molecule has 0 saturated heterocycles. The van der Waals surface area contributed by atoms with Crippen molar-refractivity contribution in [2.24, 2.45) is 0 Å². The zero-order chi connectivity index (χ0) is 24.2. The van der Waals surface area contributed by atoms with Gasteiger partial charge in [0.05, 0.1) is 30.4 Å². The van der Waals surface area contributed by atoms with Crippen molar-refractivity contribution >= 4 is 41.0 Å². The monoisotopic (exact) mass is 502 g/mol. The summed E-state index contributed by atoms with van der Waals surface area (Å²) in [5.41, 5.74) is 1.55. The molecule has 8 nitrogen and oxygen atoms in total. The van der Waals surface area contributed by atoms with Gasteiger partial charge in [0.25, 0.3) is 5.91 Å². The number of likely N-dealkylation sites (N-methyl/N-ethyl adjacent to an activating group) is 1. The maximum atomic E-state index is 13.3. The van der Waals surface area contributed by atoms with Crippen molar-refractivity contribution in [1.29, 1.82) is 0 Å². The van der Waals surface area contributed by atoms with E-state index in [0.29, 0.717) is 52.3 Å². The van der Waals surface area contributed by atoms with Crippen molar-refractivity contribution in [3.05, 3.63) is 75.4 Å². The summed E-state index contributed by atoms with van der Waals surface area (Å²) in [4.78, 5) is 41.5. The predicted octanol–water partition coefficient (Wildman–Crippen LogP) is 3.37. The number of hydrogen-bond donors (Lipinski definition) is 2. The Bertz CT molecular complexity index is 1140. The summed E-state index contributed by atoms with van der Waals surface area (Å²) in [5.74, 6) is 0.0838. The minimum Gasteiger partial charge on any atom is -0.492 e. The summed E-state index contributed by atoms with van der Waals surface area (Å²) in [5, 5.41) is 6.43. The molecule has 2 aliphatic rings. The van der Waals surface area contributed by atoms with Gasteiger partial charge in [-0.15, -0.1) is 0 Å². The van der Waals surface area contributed by atoms with Crippen LogP contribution in [0.2, 0.25) is 10.0 Å². The molecule has 4 rings (SSSR count). The van der Waals surface area contributed by atoms with Crippen molar-refractivity contribution in [2.45, 2.75) is 13.0 Å². The lowest BCUT2D eigenvalue weighted by molar-refractivity contribution is -0.131. The quantitative estimate of drug-likeness (QED) is 0.541. The number of carbonyl (C=O) groups excluding carboxylic acids is 3. The standard InChI is InChI=1S/C24H24Cl2N4O4/c1-2-30-19-13-29(14-20(31)27-10-11-34-16-6-4-3-5-7-16)23(32)21(19)22(28-24(30)33)17-9-8-15(25)12-18(17)26/h3-9,12,22H,2,10-11,13-14H2,1H3,(H,27,31)(H,28,33)/t22-/m1/s1. The molecule has 0 aliphatic carbocycles. The van der Waals surface area contributed by atoms with Gasteiger partial charge >= 0.3 is 6.03 Å². The van der Waals surface area contributed by atoms with Gasteiger partial charge in [0.2, 0.25) is 5.91 Å². The molecule has 2 aliphatic heterocycles. The van der Waals surface area contributed by atoms with E-state index in [9.17, 15) is 14.4 Å². The Balaban J connectivity index is 1.43. The number of benzene rings is 2. The molecule has 2 N–H and O–H groups in total. The summed E-state index contributed by atoms with van der Waals surface area (Å²) < 4.78 is 5.57. The smallest absolute Gasteiger partial charge is 0.322 e. The minimum absolute atomic E-state index is 0.135. The van der Waals surface area contributed by atoms with Gasteiger partial charge in [0, 0.05) is 16.6 Å². The van der Waals surface area contributed by atoms with Crippen molar-refractivity contribution < 1.29 is 19.1 Å². The van der Waals surface area contributed by atoms with Gasteiger partial charge < -0.3 is 20.3 Å². The average molecular weight is 503 g/mol. The number of nitrogens with one attached hydrogen (secondary N) is 2. The van der Waals surface area contributed by atoms with Gasteiger partial charge in [-0.3, -0.25) is 14.5 Å². The number of para-hydroxylation sites is 1. The topological polar surface area (TPSA) is 91.0 Å². The van der Waals surface area contributed by atoms with Crippen LogP contribution in [0, 0.1) is 0 Å². The van der Waals surface area contributed by atoms with Crippen LogP contribution in [0.25, 0.3) is 0 Å². The molecule has 0 fully saturated rings. The summed E-state index contributed by atoms with van der Waals surface area (Å²) in [7, 11) is 0. The first-order chi connectivity index (χ1) is 16.4. The molecule has 2 heterocycles. The molecule has 2 aromatic carbocycles. The molecule has 4 amide bonds. The molecular weight excluding hydrogens is 479 g/mol. The first-order valence-electron chi connectivity index (χ1n) is 10.9. The third-order valence-electron chi connectivity index (χ3n) is 5.66. The van der Waals surface area contributed by atoms with Crippen LogP contribution in [0.3, 0.4) is 0 Å². The second-order valence-corrected chi connectivity index (χ2v) is 8.67. The van der Waals surface area contributed by atoms with Crippen molar-refractivity contribution in [3.63, 3.8) is 0 Å². The predicted molar refractivity (Wildman–Crippen MR) is 129 cm³/mol. The summed E-state index contributed by atoms with van der Waals surface area (Å²) >= 11 is 12.4. The van der Waals surface area contributed by atoms with Crippen LogP contribution in [-0.2, 0) is 9.59 Å². The fourth-order valence-corrected chi connectivity index (χ4v) is 4.60. The summed E-state index contributed by atoms with van der Waals surface area (Å²) in [6, 6.07) is 13.2. The van der Waals surface area contributed by atoms with Crippen LogP contribution in [0.1, 0.15) is 18.5 Å². The molecule has 0 aromatic heterocycles. The lowest BCUT2D eigenvalue weighted by atomic mass is 9.95. The van der Waals surface area contributed by atoms with E-state index < -0.39 is 6.04 Å². The van der Waals surface area contributed by atoms with Crippen LogP contribution in [0.15, 0.2) is 59.8 Å². The second kappa shape index (κ2) is 10.4. The highest BCUT2D eigenvalue weighted by Gasteiger charge is 2.44. The van der Waals surface area contributed by atoms with Crippen LogP contribution in [-0.4, -0.2) is 60.4 Å². The number of carbonyl (C=O) groups is 3. The van der Waals surface area contributed by atoms with E-state index in [1.807, 2.05) is 37.3 Å². The van der Waals surface area contributed by atoms with Crippen molar-refractivity contribution in [2.75, 3.05) is 32.8 Å². The first kappa shape index (κ1) is 23.9. The van der Waals surface area contributed by atoms with Gasteiger partial charge in [-0.2, -0.15) is 0 Å². The molecule has 178 valence electrons. The van der Waals surface area contributed by atoms with Crippen LogP contribution in [0.4, 0.5) is 4.79 Å². The van der Waals surface area contributed by atoms with E-state index in [2.05, 4.69) is 10.6 Å². The SMILES string of the molecule is CCN1C(=O)N[C@H](c2ccc(Cl)cc2Cl)C2=C1CN(CC(=O)NCCOc1ccccc1)C2=O. The van der Waals surface area contributed by atoms with Crippen molar-refractivity contribution in [1.82, 2.24) is 20.4 Å². The lowest BCUT2D eigenvalue weighted by Gasteiger charge is -2.33. The Morgan fingerprint density at radius 2 is 1.94 bits per heavy atom. The van der Waals surface area contributed by atoms with Gasteiger partial charge in [0.1, 0.15) is 18.9 Å². The fraction of sp³-hybridized carbons (Fsp3) is 0.292. The number of amides is 4. The third kappa shape index (κ3) is 4.98. The molecule has 0 radical (unpaired) electrons. The number of urea groups is 1. The average Bonchev–Trinajstić information content (AvgIpc) is 3.13. The Kier molecular flexibility index (Phi) is 7.29. The normalized spacial score (nSPS) is 17.6. The van der Waals surface area contributed by atoms with E-state index in [0.717, 1.165) is 0 Å². The highest BCUT2D eigenvalue weighted by atomic mass is 35.5. The summed E-state index contributed by atoms with van der Waals surface area (Å²) in [6.07, 6.45) is 0. The molecule has 0 unspecified atom stereocenters. The second-order valence-electron chi connectivity index (χ2n) is 7.83. The van der Waals surface area contributed by atoms with Gasteiger partial charge in [-0.25, -0.2) is 4.79 Å². The molecular formula is C24H24Cl2N4O4. The van der Waals surface area contributed by atoms with E-state index in [4.69, 9.17) is 27.9 Å². The Morgan fingerprint density at radius 3 is 2.65 bits per heavy atom. The molecule has 10 heteroatoms. The van der Waals surface area contributed by atoms with Crippen LogP contribution in [0.5, 0.6) is 5.75 Å². The number of rotatable bonds is 8. The van der Waals surface area contributed by atoms with Crippen LogP contribution >= 0.6 is 23.2 Å². The van der Waals surface area contributed by atoms with E-state index in [1.165, 1.54) is 9.80 Å². The maximum absolute atomic E-state index is 13.3. The molecule has 0 spiro atoms. The highest BCUT2D eigenvalue weighted by molar-refractivity contribution is 6.35. The molecule has 34 heavy (non-hydrogen) atoms. The lowest BCUT2D eigenvalue weighted by Crippen LogP contribution is -2.47.